The zero-order chi connectivity index (χ0) is 18.4. The molecule has 0 saturated heterocycles. The Morgan fingerprint density at radius 2 is 1.88 bits per heavy atom. The van der Waals surface area contributed by atoms with Crippen LogP contribution in [-0.4, -0.2) is 22.2 Å². The standard InChI is InChI=1S/C20H24ClN3O2/c21-17-8-6-16(7-9-17)18-10-12-20(26)24(23-18)14-13-22-19(25)11-5-15-3-1-2-4-15/h6-10,12,15H,1-5,11,13-14H2,(H,22,25). The third-order valence-corrected chi connectivity index (χ3v) is 5.16. The molecule has 2 aromatic rings. The van der Waals surface area contributed by atoms with Crippen molar-refractivity contribution in [1.29, 1.82) is 0 Å². The molecule has 1 fully saturated rings. The third-order valence-electron chi connectivity index (χ3n) is 4.91. The third kappa shape index (κ3) is 5.18. The maximum atomic E-state index is 12.0. The van der Waals surface area contributed by atoms with Crippen molar-refractivity contribution in [2.75, 3.05) is 6.54 Å². The number of nitrogens with one attached hydrogen (secondary N) is 1. The Bertz CT molecular complexity index is 795. The van der Waals surface area contributed by atoms with Crippen LogP contribution < -0.4 is 10.9 Å². The number of hydrogen-bond acceptors (Lipinski definition) is 3. The average molecular weight is 374 g/mol. The minimum atomic E-state index is -0.178. The monoisotopic (exact) mass is 373 g/mol. The number of nitrogens with zero attached hydrogens (tertiary/aromatic N) is 2. The molecule has 0 spiro atoms. The van der Waals surface area contributed by atoms with Gasteiger partial charge in [0.2, 0.25) is 5.91 Å². The minimum Gasteiger partial charge on any atom is -0.354 e. The van der Waals surface area contributed by atoms with E-state index in [-0.39, 0.29) is 11.5 Å². The van der Waals surface area contributed by atoms with Crippen molar-refractivity contribution in [2.24, 2.45) is 5.92 Å². The number of benzene rings is 1. The van der Waals surface area contributed by atoms with E-state index in [9.17, 15) is 9.59 Å². The van der Waals surface area contributed by atoms with Crippen LogP contribution in [-0.2, 0) is 11.3 Å². The van der Waals surface area contributed by atoms with E-state index in [1.165, 1.54) is 36.4 Å². The van der Waals surface area contributed by atoms with Gasteiger partial charge in [-0.2, -0.15) is 5.10 Å². The van der Waals surface area contributed by atoms with Crippen LogP contribution in [0.15, 0.2) is 41.2 Å². The topological polar surface area (TPSA) is 64.0 Å². The lowest BCUT2D eigenvalue weighted by molar-refractivity contribution is -0.121. The van der Waals surface area contributed by atoms with Crippen molar-refractivity contribution < 1.29 is 4.79 Å². The molecule has 1 aromatic heterocycles. The summed E-state index contributed by atoms with van der Waals surface area (Å²) in [5, 5.41) is 7.94. The van der Waals surface area contributed by atoms with Gasteiger partial charge in [0.25, 0.3) is 5.56 Å². The van der Waals surface area contributed by atoms with Gasteiger partial charge < -0.3 is 5.32 Å². The van der Waals surface area contributed by atoms with Crippen molar-refractivity contribution in [3.05, 3.63) is 51.8 Å². The second-order valence-electron chi connectivity index (χ2n) is 6.83. The van der Waals surface area contributed by atoms with E-state index in [1.54, 1.807) is 18.2 Å². The SMILES string of the molecule is O=C(CCC1CCCC1)NCCn1nc(-c2ccc(Cl)cc2)ccc1=O. The number of rotatable bonds is 7. The van der Waals surface area contributed by atoms with Crippen molar-refractivity contribution in [1.82, 2.24) is 15.1 Å². The van der Waals surface area contributed by atoms with Crippen molar-refractivity contribution in [2.45, 2.75) is 45.1 Å². The van der Waals surface area contributed by atoms with Crippen molar-refractivity contribution >= 4 is 17.5 Å². The first-order valence-corrected chi connectivity index (χ1v) is 9.60. The Labute approximate surface area is 158 Å². The number of aromatic nitrogens is 2. The molecule has 1 aromatic carbocycles. The highest BCUT2D eigenvalue weighted by atomic mass is 35.5. The van der Waals surface area contributed by atoms with Gasteiger partial charge in [-0.15, -0.1) is 0 Å². The predicted octanol–water partition coefficient (Wildman–Crippen LogP) is 3.65. The lowest BCUT2D eigenvalue weighted by Gasteiger charge is -2.10. The Balaban J connectivity index is 1.52. The smallest absolute Gasteiger partial charge is 0.266 e. The molecule has 1 amide bonds. The molecule has 0 radical (unpaired) electrons. The van der Waals surface area contributed by atoms with Gasteiger partial charge in [-0.25, -0.2) is 4.68 Å². The summed E-state index contributed by atoms with van der Waals surface area (Å²) in [6.45, 7) is 0.760. The van der Waals surface area contributed by atoms with Crippen LogP contribution in [0.5, 0.6) is 0 Å². The van der Waals surface area contributed by atoms with Crippen LogP contribution in [0.3, 0.4) is 0 Å². The molecule has 1 aliphatic carbocycles. The van der Waals surface area contributed by atoms with E-state index in [0.29, 0.717) is 36.1 Å². The zero-order valence-corrected chi connectivity index (χ0v) is 15.5. The summed E-state index contributed by atoms with van der Waals surface area (Å²) in [4.78, 5) is 24.0. The normalized spacial score (nSPS) is 14.5. The predicted molar refractivity (Wildman–Crippen MR) is 103 cm³/mol. The van der Waals surface area contributed by atoms with Gasteiger partial charge in [0.15, 0.2) is 0 Å². The van der Waals surface area contributed by atoms with Gasteiger partial charge in [-0.3, -0.25) is 9.59 Å². The molecule has 0 bridgehead atoms. The number of carbonyl (C=O) groups is 1. The molecular weight excluding hydrogens is 350 g/mol. The average Bonchev–Trinajstić information content (AvgIpc) is 3.16. The number of hydrogen-bond donors (Lipinski definition) is 1. The molecule has 6 heteroatoms. The van der Waals surface area contributed by atoms with E-state index in [1.807, 2.05) is 12.1 Å². The van der Waals surface area contributed by atoms with Crippen LogP contribution >= 0.6 is 11.6 Å². The fourth-order valence-corrected chi connectivity index (χ4v) is 3.53. The molecule has 0 unspecified atom stereocenters. The molecule has 0 atom stereocenters. The summed E-state index contributed by atoms with van der Waals surface area (Å²) in [5.74, 6) is 0.764. The van der Waals surface area contributed by atoms with Crippen LogP contribution in [0.4, 0.5) is 0 Å². The minimum absolute atomic E-state index is 0.0544. The molecular formula is C20H24ClN3O2. The van der Waals surface area contributed by atoms with E-state index < -0.39 is 0 Å². The lowest BCUT2D eigenvalue weighted by atomic mass is 10.0. The van der Waals surface area contributed by atoms with E-state index in [2.05, 4.69) is 10.4 Å². The van der Waals surface area contributed by atoms with Crippen molar-refractivity contribution in [3.63, 3.8) is 0 Å². The molecule has 138 valence electrons. The van der Waals surface area contributed by atoms with Crippen molar-refractivity contribution in [3.8, 4) is 11.3 Å². The molecule has 5 nitrogen and oxygen atoms in total. The highest BCUT2D eigenvalue weighted by Crippen LogP contribution is 2.28. The van der Waals surface area contributed by atoms with Gasteiger partial charge >= 0.3 is 0 Å². The molecule has 3 rings (SSSR count). The summed E-state index contributed by atoms with van der Waals surface area (Å²) >= 11 is 5.91. The van der Waals surface area contributed by atoms with Crippen LogP contribution in [0.25, 0.3) is 11.3 Å². The van der Waals surface area contributed by atoms with Crippen LogP contribution in [0, 0.1) is 5.92 Å². The van der Waals surface area contributed by atoms with E-state index in [4.69, 9.17) is 11.6 Å². The Kier molecular flexibility index (Phi) is 6.45. The van der Waals surface area contributed by atoms with Gasteiger partial charge in [-0.05, 0) is 30.5 Å². The quantitative estimate of drug-likeness (QED) is 0.805. The first kappa shape index (κ1) is 18.6. The number of amides is 1. The highest BCUT2D eigenvalue weighted by Gasteiger charge is 2.16. The number of carbonyl (C=O) groups excluding carboxylic acids is 1. The molecule has 26 heavy (non-hydrogen) atoms. The van der Waals surface area contributed by atoms with Gasteiger partial charge in [0.05, 0.1) is 12.2 Å². The highest BCUT2D eigenvalue weighted by molar-refractivity contribution is 6.30. The second kappa shape index (κ2) is 8.99. The maximum Gasteiger partial charge on any atom is 0.266 e. The molecule has 0 aliphatic heterocycles. The van der Waals surface area contributed by atoms with Gasteiger partial charge in [0.1, 0.15) is 0 Å². The first-order valence-electron chi connectivity index (χ1n) is 9.22. The summed E-state index contributed by atoms with van der Waals surface area (Å²) in [6.07, 6.45) is 6.64. The summed E-state index contributed by atoms with van der Waals surface area (Å²) in [7, 11) is 0. The first-order chi connectivity index (χ1) is 12.6. The molecule has 1 N–H and O–H groups in total. The second-order valence-corrected chi connectivity index (χ2v) is 7.26. The lowest BCUT2D eigenvalue weighted by Crippen LogP contribution is -2.32. The molecule has 1 heterocycles. The fraction of sp³-hybridized carbons (Fsp3) is 0.450. The Morgan fingerprint density at radius 3 is 2.62 bits per heavy atom. The Hall–Kier alpha value is -2.14. The van der Waals surface area contributed by atoms with Gasteiger partial charge in [0, 0.05) is 29.6 Å². The maximum absolute atomic E-state index is 12.0. The zero-order valence-electron chi connectivity index (χ0n) is 14.8. The summed E-state index contributed by atoms with van der Waals surface area (Å²) < 4.78 is 1.39. The van der Waals surface area contributed by atoms with Crippen LogP contribution in [0.1, 0.15) is 38.5 Å². The van der Waals surface area contributed by atoms with Crippen LogP contribution in [0.2, 0.25) is 5.02 Å². The largest absolute Gasteiger partial charge is 0.354 e. The summed E-state index contributed by atoms with van der Waals surface area (Å²) in [6, 6.07) is 10.5. The van der Waals surface area contributed by atoms with E-state index >= 15 is 0 Å². The Morgan fingerprint density at radius 1 is 1.15 bits per heavy atom. The number of halogens is 1. The van der Waals surface area contributed by atoms with E-state index in [0.717, 1.165) is 12.0 Å². The van der Waals surface area contributed by atoms with Gasteiger partial charge in [-0.1, -0.05) is 49.4 Å². The fourth-order valence-electron chi connectivity index (χ4n) is 3.41. The molecule has 1 saturated carbocycles. The summed E-state index contributed by atoms with van der Waals surface area (Å²) in [5.41, 5.74) is 1.42. The molecule has 1 aliphatic rings.